The molecule has 0 spiro atoms. The van der Waals surface area contributed by atoms with Crippen molar-refractivity contribution >= 4 is 33.9 Å². The van der Waals surface area contributed by atoms with E-state index >= 15 is 0 Å². The minimum atomic E-state index is -1.00. The van der Waals surface area contributed by atoms with Gasteiger partial charge in [-0.1, -0.05) is 6.08 Å². The molecule has 0 atom stereocenters. The number of nitrogens with one attached hydrogen (secondary N) is 1. The standard InChI is InChI=1S/C13H16N2O4S/c1-8(16)14-13-15-11(7-20-13)10(12(17)18)6-9-2-4-19-5-3-9/h6-7,9H,2-5H2,1H3,(H,17,18)(H,14,15,16). The van der Waals surface area contributed by atoms with Crippen LogP contribution in [-0.4, -0.2) is 35.2 Å². The smallest absolute Gasteiger partial charge is 0.337 e. The minimum Gasteiger partial charge on any atom is -0.478 e. The zero-order valence-electron chi connectivity index (χ0n) is 11.1. The van der Waals surface area contributed by atoms with Gasteiger partial charge in [0.15, 0.2) is 5.13 Å². The lowest BCUT2D eigenvalue weighted by Gasteiger charge is -2.19. The lowest BCUT2D eigenvalue weighted by molar-refractivity contribution is -0.130. The van der Waals surface area contributed by atoms with Crippen LogP contribution in [0.3, 0.4) is 0 Å². The lowest BCUT2D eigenvalue weighted by Crippen LogP contribution is -2.15. The van der Waals surface area contributed by atoms with Crippen molar-refractivity contribution in [3.8, 4) is 0 Å². The Balaban J connectivity index is 2.19. The molecule has 1 fully saturated rings. The van der Waals surface area contributed by atoms with Gasteiger partial charge in [0.05, 0.1) is 11.3 Å². The Labute approximate surface area is 120 Å². The molecule has 2 rings (SSSR count). The Hall–Kier alpha value is -1.73. The van der Waals surface area contributed by atoms with Crippen molar-refractivity contribution in [3.63, 3.8) is 0 Å². The number of hydrogen-bond acceptors (Lipinski definition) is 5. The number of carboxylic acids is 1. The van der Waals surface area contributed by atoms with Crippen molar-refractivity contribution in [2.45, 2.75) is 19.8 Å². The number of anilines is 1. The molecule has 1 aromatic heterocycles. The maximum atomic E-state index is 11.4. The molecule has 20 heavy (non-hydrogen) atoms. The quantitative estimate of drug-likeness (QED) is 0.830. The van der Waals surface area contributed by atoms with Gasteiger partial charge in [-0.05, 0) is 18.8 Å². The molecule has 1 aromatic rings. The number of thiazole rings is 1. The van der Waals surface area contributed by atoms with E-state index in [9.17, 15) is 14.7 Å². The van der Waals surface area contributed by atoms with Crippen molar-refractivity contribution in [1.29, 1.82) is 0 Å². The fourth-order valence-electron chi connectivity index (χ4n) is 1.99. The second kappa shape index (κ2) is 6.62. The lowest BCUT2D eigenvalue weighted by atomic mass is 9.96. The predicted molar refractivity (Wildman–Crippen MR) is 75.6 cm³/mol. The first-order chi connectivity index (χ1) is 9.56. The van der Waals surface area contributed by atoms with Gasteiger partial charge in [0.1, 0.15) is 0 Å². The molecule has 0 saturated carbocycles. The summed E-state index contributed by atoms with van der Waals surface area (Å²) < 4.78 is 5.26. The third-order valence-electron chi connectivity index (χ3n) is 2.96. The number of amides is 1. The summed E-state index contributed by atoms with van der Waals surface area (Å²) >= 11 is 1.21. The summed E-state index contributed by atoms with van der Waals surface area (Å²) in [4.78, 5) is 26.5. The minimum absolute atomic E-state index is 0.185. The average Bonchev–Trinajstić information content (AvgIpc) is 2.84. The van der Waals surface area contributed by atoms with Gasteiger partial charge >= 0.3 is 5.97 Å². The Kier molecular flexibility index (Phi) is 4.86. The van der Waals surface area contributed by atoms with Crippen LogP contribution in [0.4, 0.5) is 5.13 Å². The van der Waals surface area contributed by atoms with E-state index in [-0.39, 0.29) is 17.4 Å². The van der Waals surface area contributed by atoms with Crippen molar-refractivity contribution in [2.75, 3.05) is 18.5 Å². The molecular weight excluding hydrogens is 280 g/mol. The fraction of sp³-hybridized carbons (Fsp3) is 0.462. The van der Waals surface area contributed by atoms with Crippen LogP contribution in [0.2, 0.25) is 0 Å². The summed E-state index contributed by atoms with van der Waals surface area (Å²) in [5.41, 5.74) is 0.572. The van der Waals surface area contributed by atoms with Crippen molar-refractivity contribution in [3.05, 3.63) is 17.2 Å². The highest BCUT2D eigenvalue weighted by atomic mass is 32.1. The number of aromatic nitrogens is 1. The average molecular weight is 296 g/mol. The van der Waals surface area contributed by atoms with E-state index in [4.69, 9.17) is 4.74 Å². The van der Waals surface area contributed by atoms with Crippen molar-refractivity contribution < 1.29 is 19.4 Å². The molecule has 7 heteroatoms. The van der Waals surface area contributed by atoms with Crippen LogP contribution in [0.5, 0.6) is 0 Å². The van der Waals surface area contributed by atoms with E-state index in [1.165, 1.54) is 18.3 Å². The number of nitrogens with zero attached hydrogens (tertiary/aromatic N) is 1. The molecule has 0 radical (unpaired) electrons. The molecule has 0 aromatic carbocycles. The number of aliphatic carboxylic acids is 1. The summed E-state index contributed by atoms with van der Waals surface area (Å²) in [5.74, 6) is -1.03. The molecule has 1 aliphatic rings. The van der Waals surface area contributed by atoms with Crippen LogP contribution < -0.4 is 5.32 Å². The number of rotatable bonds is 4. The van der Waals surface area contributed by atoms with E-state index in [0.717, 1.165) is 12.8 Å². The number of carboxylic acid groups (broad SMARTS) is 1. The van der Waals surface area contributed by atoms with Crippen LogP contribution in [0.15, 0.2) is 11.5 Å². The van der Waals surface area contributed by atoms with E-state index in [1.54, 1.807) is 11.5 Å². The van der Waals surface area contributed by atoms with Crippen LogP contribution in [-0.2, 0) is 14.3 Å². The summed E-state index contributed by atoms with van der Waals surface area (Å²) in [7, 11) is 0. The van der Waals surface area contributed by atoms with Gasteiger partial charge in [0, 0.05) is 25.5 Å². The number of ether oxygens (including phenoxy) is 1. The number of hydrogen-bond donors (Lipinski definition) is 2. The molecule has 1 saturated heterocycles. The molecule has 6 nitrogen and oxygen atoms in total. The molecule has 2 heterocycles. The van der Waals surface area contributed by atoms with Gasteiger partial charge in [-0.2, -0.15) is 0 Å². The highest BCUT2D eigenvalue weighted by molar-refractivity contribution is 7.14. The van der Waals surface area contributed by atoms with Gasteiger partial charge in [-0.15, -0.1) is 11.3 Å². The molecule has 108 valence electrons. The van der Waals surface area contributed by atoms with E-state index in [0.29, 0.717) is 24.0 Å². The number of allylic oxidation sites excluding steroid dienone is 1. The predicted octanol–water partition coefficient (Wildman–Crippen LogP) is 2.00. The topological polar surface area (TPSA) is 88.5 Å². The van der Waals surface area contributed by atoms with Gasteiger partial charge in [0.25, 0.3) is 0 Å². The molecule has 2 N–H and O–H groups in total. The van der Waals surface area contributed by atoms with E-state index in [1.807, 2.05) is 0 Å². The van der Waals surface area contributed by atoms with Crippen LogP contribution in [0.1, 0.15) is 25.5 Å². The molecule has 0 bridgehead atoms. The first kappa shape index (κ1) is 14.7. The Morgan fingerprint density at radius 1 is 1.50 bits per heavy atom. The van der Waals surface area contributed by atoms with Crippen LogP contribution in [0.25, 0.3) is 5.57 Å². The zero-order valence-corrected chi connectivity index (χ0v) is 11.9. The monoisotopic (exact) mass is 296 g/mol. The summed E-state index contributed by atoms with van der Waals surface area (Å²) in [6.45, 7) is 2.70. The van der Waals surface area contributed by atoms with Crippen LogP contribution in [0, 0.1) is 5.92 Å². The fourth-order valence-corrected chi connectivity index (χ4v) is 2.75. The molecule has 1 aliphatic heterocycles. The van der Waals surface area contributed by atoms with Gasteiger partial charge in [0.2, 0.25) is 5.91 Å². The summed E-state index contributed by atoms with van der Waals surface area (Å²) in [6, 6.07) is 0. The molecule has 0 aliphatic carbocycles. The Morgan fingerprint density at radius 3 is 2.80 bits per heavy atom. The van der Waals surface area contributed by atoms with Gasteiger partial charge in [-0.3, -0.25) is 4.79 Å². The van der Waals surface area contributed by atoms with E-state index < -0.39 is 5.97 Å². The SMILES string of the molecule is CC(=O)Nc1nc(C(=CC2CCOCC2)C(=O)O)cs1. The number of carbonyl (C=O) groups excluding carboxylic acids is 1. The third kappa shape index (κ3) is 3.88. The highest BCUT2D eigenvalue weighted by Gasteiger charge is 2.19. The Morgan fingerprint density at radius 2 is 2.20 bits per heavy atom. The maximum Gasteiger partial charge on any atom is 0.337 e. The van der Waals surface area contributed by atoms with E-state index in [2.05, 4.69) is 10.3 Å². The molecular formula is C13H16N2O4S. The highest BCUT2D eigenvalue weighted by Crippen LogP contribution is 2.26. The first-order valence-electron chi connectivity index (χ1n) is 6.32. The second-order valence-electron chi connectivity index (χ2n) is 4.55. The first-order valence-corrected chi connectivity index (χ1v) is 7.20. The maximum absolute atomic E-state index is 11.4. The third-order valence-corrected chi connectivity index (χ3v) is 3.72. The molecule has 1 amide bonds. The molecule has 0 unspecified atom stereocenters. The van der Waals surface area contributed by atoms with Crippen LogP contribution >= 0.6 is 11.3 Å². The second-order valence-corrected chi connectivity index (χ2v) is 5.41. The number of carbonyl (C=O) groups is 2. The largest absolute Gasteiger partial charge is 0.478 e. The van der Waals surface area contributed by atoms with Gasteiger partial charge < -0.3 is 15.2 Å². The van der Waals surface area contributed by atoms with Crippen molar-refractivity contribution in [2.24, 2.45) is 5.92 Å². The Bertz CT molecular complexity index is 532. The normalized spacial score (nSPS) is 16.9. The summed E-state index contributed by atoms with van der Waals surface area (Å²) in [6.07, 6.45) is 3.39. The zero-order chi connectivity index (χ0) is 14.5. The van der Waals surface area contributed by atoms with Crippen molar-refractivity contribution in [1.82, 2.24) is 4.98 Å². The van der Waals surface area contributed by atoms with Gasteiger partial charge in [-0.25, -0.2) is 9.78 Å². The summed E-state index contributed by atoms with van der Waals surface area (Å²) in [5, 5.41) is 13.9.